The van der Waals surface area contributed by atoms with Crippen molar-refractivity contribution in [2.45, 2.75) is 26.3 Å². The maximum absolute atomic E-state index is 12.1. The number of carbonyl (C=O) groups is 1. The van der Waals surface area contributed by atoms with E-state index in [0.29, 0.717) is 0 Å². The third kappa shape index (κ3) is 3.77. The lowest BCUT2D eigenvalue weighted by Gasteiger charge is -2.28. The standard InChI is InChI=1S/C22H22N4OS/c1-13-3-5-15(6-4-13)11-18-20(14(2)24-22(27)26-18)21-25-19(12-28-21)16-7-9-17(23)10-8-16/h3-10,12,18H,11,23H2,1-2H3,(H2,24,26,27). The van der Waals surface area contributed by atoms with Gasteiger partial charge in [-0.05, 0) is 38.0 Å². The largest absolute Gasteiger partial charge is 0.399 e. The summed E-state index contributed by atoms with van der Waals surface area (Å²) in [6.07, 6.45) is 0.719. The minimum absolute atomic E-state index is 0.123. The fourth-order valence-corrected chi connectivity index (χ4v) is 4.36. The van der Waals surface area contributed by atoms with Crippen molar-refractivity contribution in [3.8, 4) is 11.3 Å². The van der Waals surface area contributed by atoms with Gasteiger partial charge in [0.1, 0.15) is 5.01 Å². The van der Waals surface area contributed by atoms with Crippen LogP contribution in [0.3, 0.4) is 0 Å². The summed E-state index contributed by atoms with van der Waals surface area (Å²) in [5.41, 5.74) is 12.7. The van der Waals surface area contributed by atoms with Gasteiger partial charge in [0, 0.05) is 27.9 Å². The van der Waals surface area contributed by atoms with E-state index in [9.17, 15) is 4.79 Å². The quantitative estimate of drug-likeness (QED) is 0.579. The number of aryl methyl sites for hydroxylation is 1. The SMILES string of the molecule is CC1=C(c2nc(-c3ccc(N)cc3)cs2)C(Cc2ccc(C)cc2)NC(=O)N1. The lowest BCUT2D eigenvalue weighted by atomic mass is 9.96. The number of nitrogens with two attached hydrogens (primary N) is 1. The molecule has 1 aromatic heterocycles. The zero-order valence-electron chi connectivity index (χ0n) is 15.8. The van der Waals surface area contributed by atoms with Crippen LogP contribution >= 0.6 is 11.3 Å². The van der Waals surface area contributed by atoms with E-state index in [4.69, 9.17) is 10.7 Å². The number of hydrogen-bond donors (Lipinski definition) is 3. The van der Waals surface area contributed by atoms with Crippen molar-refractivity contribution in [3.05, 3.63) is 75.7 Å². The zero-order chi connectivity index (χ0) is 19.7. The third-order valence-electron chi connectivity index (χ3n) is 4.86. The molecule has 4 N–H and O–H groups in total. The van der Waals surface area contributed by atoms with E-state index in [0.717, 1.165) is 39.6 Å². The number of thiazole rings is 1. The van der Waals surface area contributed by atoms with E-state index in [2.05, 4.69) is 41.8 Å². The van der Waals surface area contributed by atoms with E-state index < -0.39 is 0 Å². The number of nitrogen functional groups attached to an aromatic ring is 1. The topological polar surface area (TPSA) is 80.0 Å². The van der Waals surface area contributed by atoms with E-state index >= 15 is 0 Å². The van der Waals surface area contributed by atoms with Crippen LogP contribution in [-0.2, 0) is 6.42 Å². The summed E-state index contributed by atoms with van der Waals surface area (Å²) >= 11 is 1.59. The first-order chi connectivity index (χ1) is 13.5. The lowest BCUT2D eigenvalue weighted by Crippen LogP contribution is -2.48. The lowest BCUT2D eigenvalue weighted by molar-refractivity contribution is 0.240. The highest BCUT2D eigenvalue weighted by Gasteiger charge is 2.28. The van der Waals surface area contributed by atoms with Crippen LogP contribution in [0.15, 0.2) is 59.6 Å². The highest BCUT2D eigenvalue weighted by molar-refractivity contribution is 7.11. The molecule has 28 heavy (non-hydrogen) atoms. The Hall–Kier alpha value is -3.12. The van der Waals surface area contributed by atoms with Crippen LogP contribution in [0.2, 0.25) is 0 Å². The molecular formula is C22H22N4OS. The van der Waals surface area contributed by atoms with E-state index in [1.807, 2.05) is 36.6 Å². The molecule has 0 fully saturated rings. The van der Waals surface area contributed by atoms with Gasteiger partial charge < -0.3 is 16.4 Å². The fourth-order valence-electron chi connectivity index (χ4n) is 3.37. The molecule has 6 heteroatoms. The summed E-state index contributed by atoms with van der Waals surface area (Å²) in [5.74, 6) is 0. The minimum atomic E-state index is -0.173. The molecule has 3 aromatic rings. The van der Waals surface area contributed by atoms with Gasteiger partial charge in [-0.3, -0.25) is 0 Å². The van der Waals surface area contributed by atoms with Gasteiger partial charge in [0.05, 0.1) is 11.7 Å². The Labute approximate surface area is 168 Å². The van der Waals surface area contributed by atoms with Gasteiger partial charge in [-0.15, -0.1) is 11.3 Å². The molecule has 0 saturated carbocycles. The third-order valence-corrected chi connectivity index (χ3v) is 5.74. The van der Waals surface area contributed by atoms with Gasteiger partial charge >= 0.3 is 6.03 Å². The molecule has 142 valence electrons. The second kappa shape index (κ2) is 7.48. The minimum Gasteiger partial charge on any atom is -0.399 e. The molecule has 0 bridgehead atoms. The summed E-state index contributed by atoms with van der Waals surface area (Å²) in [5, 5.41) is 8.90. The molecule has 2 aromatic carbocycles. The molecule has 0 spiro atoms. The Bertz CT molecular complexity index is 1040. The van der Waals surface area contributed by atoms with Gasteiger partial charge in [-0.2, -0.15) is 0 Å². The first kappa shape index (κ1) is 18.3. The number of anilines is 1. The summed E-state index contributed by atoms with van der Waals surface area (Å²) < 4.78 is 0. The van der Waals surface area contributed by atoms with E-state index in [-0.39, 0.29) is 12.1 Å². The molecular weight excluding hydrogens is 368 g/mol. The molecule has 0 aliphatic carbocycles. The van der Waals surface area contributed by atoms with E-state index in [1.54, 1.807) is 11.3 Å². The Balaban J connectivity index is 1.66. The van der Waals surface area contributed by atoms with Crippen LogP contribution in [0.1, 0.15) is 23.1 Å². The molecule has 1 aliphatic rings. The monoisotopic (exact) mass is 390 g/mol. The number of benzene rings is 2. The summed E-state index contributed by atoms with van der Waals surface area (Å²) in [6.45, 7) is 4.00. The number of carbonyl (C=O) groups excluding carboxylic acids is 1. The molecule has 2 amide bonds. The van der Waals surface area contributed by atoms with Crippen molar-refractivity contribution in [2.24, 2.45) is 0 Å². The normalized spacial score (nSPS) is 16.6. The Morgan fingerprint density at radius 2 is 1.79 bits per heavy atom. The molecule has 1 aliphatic heterocycles. The van der Waals surface area contributed by atoms with Crippen LogP contribution in [0.25, 0.3) is 16.8 Å². The molecule has 2 heterocycles. The molecule has 0 radical (unpaired) electrons. The molecule has 5 nitrogen and oxygen atoms in total. The number of allylic oxidation sites excluding steroid dienone is 1. The zero-order valence-corrected chi connectivity index (χ0v) is 16.6. The predicted octanol–water partition coefficient (Wildman–Crippen LogP) is 4.36. The second-order valence-corrected chi connectivity index (χ2v) is 7.90. The van der Waals surface area contributed by atoms with Crippen molar-refractivity contribution in [2.75, 3.05) is 5.73 Å². The van der Waals surface area contributed by atoms with Crippen LogP contribution in [0.4, 0.5) is 10.5 Å². The highest BCUT2D eigenvalue weighted by Crippen LogP contribution is 2.32. The number of hydrogen-bond acceptors (Lipinski definition) is 4. The van der Waals surface area contributed by atoms with Crippen molar-refractivity contribution in [3.63, 3.8) is 0 Å². The average molecular weight is 391 g/mol. The number of urea groups is 1. The van der Waals surface area contributed by atoms with Crippen LogP contribution in [0, 0.1) is 6.92 Å². The van der Waals surface area contributed by atoms with Crippen molar-refractivity contribution < 1.29 is 4.79 Å². The van der Waals surface area contributed by atoms with Gasteiger partial charge in [-0.25, -0.2) is 9.78 Å². The smallest absolute Gasteiger partial charge is 0.319 e. The summed E-state index contributed by atoms with van der Waals surface area (Å²) in [6, 6.07) is 15.8. The maximum Gasteiger partial charge on any atom is 0.319 e. The first-order valence-corrected chi connectivity index (χ1v) is 10.0. The number of aromatic nitrogens is 1. The number of rotatable bonds is 4. The van der Waals surface area contributed by atoms with Gasteiger partial charge in [0.15, 0.2) is 0 Å². The van der Waals surface area contributed by atoms with Gasteiger partial charge in [0.25, 0.3) is 0 Å². The highest BCUT2D eigenvalue weighted by atomic mass is 32.1. The van der Waals surface area contributed by atoms with E-state index in [1.165, 1.54) is 11.1 Å². The van der Waals surface area contributed by atoms with Crippen LogP contribution in [-0.4, -0.2) is 17.1 Å². The van der Waals surface area contributed by atoms with Crippen molar-refractivity contribution in [1.82, 2.24) is 15.6 Å². The molecule has 0 saturated heterocycles. The second-order valence-electron chi connectivity index (χ2n) is 7.04. The number of amides is 2. The van der Waals surface area contributed by atoms with Crippen molar-refractivity contribution >= 4 is 28.6 Å². The van der Waals surface area contributed by atoms with Gasteiger partial charge in [0.2, 0.25) is 0 Å². The van der Waals surface area contributed by atoms with Crippen molar-refractivity contribution in [1.29, 1.82) is 0 Å². The Morgan fingerprint density at radius 3 is 2.50 bits per heavy atom. The number of nitrogens with one attached hydrogen (secondary N) is 2. The molecule has 1 atom stereocenters. The maximum atomic E-state index is 12.1. The summed E-state index contributed by atoms with van der Waals surface area (Å²) in [4.78, 5) is 16.9. The van der Waals surface area contributed by atoms with Crippen LogP contribution < -0.4 is 16.4 Å². The van der Waals surface area contributed by atoms with Gasteiger partial charge in [-0.1, -0.05) is 42.0 Å². The summed E-state index contributed by atoms with van der Waals surface area (Å²) in [7, 11) is 0. The number of nitrogens with zero attached hydrogens (tertiary/aromatic N) is 1. The molecule has 4 rings (SSSR count). The average Bonchev–Trinajstić information content (AvgIpc) is 3.13. The predicted molar refractivity (Wildman–Crippen MR) is 115 cm³/mol. The Kier molecular flexibility index (Phi) is 4.88. The Morgan fingerprint density at radius 1 is 1.07 bits per heavy atom. The first-order valence-electron chi connectivity index (χ1n) is 9.15. The molecule has 1 unspecified atom stereocenters. The fraction of sp³-hybridized carbons (Fsp3) is 0.182. The van der Waals surface area contributed by atoms with Crippen LogP contribution in [0.5, 0.6) is 0 Å².